The Kier molecular flexibility index (Phi) is 4.90. The number of methoxy groups -OCH3 is 2. The largest absolute Gasteiger partial charge is 0.377 e. The molecule has 0 radical (unpaired) electrons. The number of rotatable bonds is 4. The zero-order valence-corrected chi connectivity index (χ0v) is 12.9. The summed E-state index contributed by atoms with van der Waals surface area (Å²) in [4.78, 5) is 2.27. The lowest BCUT2D eigenvalue weighted by Gasteiger charge is -2.21. The Morgan fingerprint density at radius 2 is 1.89 bits per heavy atom. The van der Waals surface area contributed by atoms with Crippen LogP contribution in [0.4, 0.5) is 5.69 Å². The number of anilines is 1. The third-order valence-corrected chi connectivity index (χ3v) is 4.13. The van der Waals surface area contributed by atoms with Gasteiger partial charge in [0.25, 0.3) is 0 Å². The van der Waals surface area contributed by atoms with Crippen LogP contribution in [0.25, 0.3) is 0 Å². The molecule has 0 N–H and O–H groups in total. The first-order valence-corrected chi connectivity index (χ1v) is 7.17. The molecule has 0 bridgehead atoms. The van der Waals surface area contributed by atoms with E-state index in [1.54, 1.807) is 14.2 Å². The van der Waals surface area contributed by atoms with Gasteiger partial charge in [0, 0.05) is 43.3 Å². The van der Waals surface area contributed by atoms with Crippen LogP contribution in [0.5, 0.6) is 0 Å². The maximum atomic E-state index is 6.00. The van der Waals surface area contributed by atoms with Crippen molar-refractivity contribution in [3.63, 3.8) is 0 Å². The zero-order chi connectivity index (χ0) is 13.1. The highest BCUT2D eigenvalue weighted by Gasteiger charge is 2.33. The minimum Gasteiger partial charge on any atom is -0.377 e. The molecule has 1 aromatic rings. The Labute approximate surface area is 121 Å². The van der Waals surface area contributed by atoms with Gasteiger partial charge in [-0.25, -0.2) is 0 Å². The van der Waals surface area contributed by atoms with Crippen LogP contribution in [0.3, 0.4) is 0 Å². The summed E-state index contributed by atoms with van der Waals surface area (Å²) in [5.74, 6) is 0.508. The van der Waals surface area contributed by atoms with E-state index in [1.165, 1.54) is 0 Å². The van der Waals surface area contributed by atoms with Gasteiger partial charge < -0.3 is 14.4 Å². The highest BCUT2D eigenvalue weighted by atomic mass is 79.9. The summed E-state index contributed by atoms with van der Waals surface area (Å²) in [6, 6.07) is 6.16. The van der Waals surface area contributed by atoms with Crippen molar-refractivity contribution in [1.82, 2.24) is 0 Å². The quantitative estimate of drug-likeness (QED) is 0.790. The SMILES string of the molecule is COC1CN(c2cc(Br)ccc2CCl)CC1OC. The first-order chi connectivity index (χ1) is 8.69. The highest BCUT2D eigenvalue weighted by Crippen LogP contribution is 2.30. The van der Waals surface area contributed by atoms with Crippen molar-refractivity contribution in [1.29, 1.82) is 0 Å². The van der Waals surface area contributed by atoms with Gasteiger partial charge in [-0.3, -0.25) is 0 Å². The van der Waals surface area contributed by atoms with E-state index in [0.717, 1.165) is 28.8 Å². The smallest absolute Gasteiger partial charge is 0.102 e. The second kappa shape index (κ2) is 6.24. The number of alkyl halides is 1. The lowest BCUT2D eigenvalue weighted by molar-refractivity contribution is -0.00461. The van der Waals surface area contributed by atoms with Crippen LogP contribution < -0.4 is 4.90 Å². The Balaban J connectivity index is 2.24. The molecule has 100 valence electrons. The van der Waals surface area contributed by atoms with E-state index in [-0.39, 0.29) is 12.2 Å². The molecule has 1 aromatic carbocycles. The molecule has 0 saturated carbocycles. The summed E-state index contributed by atoms with van der Waals surface area (Å²) < 4.78 is 12.0. The van der Waals surface area contributed by atoms with E-state index in [9.17, 15) is 0 Å². The molecule has 18 heavy (non-hydrogen) atoms. The molecule has 1 aliphatic heterocycles. The van der Waals surface area contributed by atoms with Gasteiger partial charge in [0.1, 0.15) is 12.2 Å². The molecular formula is C13H17BrClNO2. The molecule has 1 aliphatic rings. The first-order valence-electron chi connectivity index (χ1n) is 5.84. The van der Waals surface area contributed by atoms with Gasteiger partial charge in [-0.05, 0) is 17.7 Å². The minimum atomic E-state index is 0.108. The average Bonchev–Trinajstić information content (AvgIpc) is 2.81. The van der Waals surface area contributed by atoms with E-state index >= 15 is 0 Å². The van der Waals surface area contributed by atoms with Crippen molar-refractivity contribution in [2.45, 2.75) is 18.1 Å². The predicted octanol–water partition coefficient (Wildman–Crippen LogP) is 3.04. The van der Waals surface area contributed by atoms with Crippen LogP contribution in [0.15, 0.2) is 22.7 Å². The standard InChI is InChI=1S/C13H17BrClNO2/c1-17-12-7-16(8-13(12)18-2)11-5-10(14)4-3-9(11)6-15/h3-5,12-13H,6-8H2,1-2H3. The van der Waals surface area contributed by atoms with Crippen molar-refractivity contribution in [2.75, 3.05) is 32.2 Å². The van der Waals surface area contributed by atoms with Gasteiger partial charge in [0.2, 0.25) is 0 Å². The second-order valence-corrected chi connectivity index (χ2v) is 5.54. The van der Waals surface area contributed by atoms with E-state index < -0.39 is 0 Å². The number of hydrogen-bond donors (Lipinski definition) is 0. The van der Waals surface area contributed by atoms with Gasteiger partial charge in [-0.15, -0.1) is 11.6 Å². The van der Waals surface area contributed by atoms with Gasteiger partial charge in [-0.2, -0.15) is 0 Å². The molecule has 2 unspecified atom stereocenters. The molecule has 5 heteroatoms. The highest BCUT2D eigenvalue weighted by molar-refractivity contribution is 9.10. The maximum Gasteiger partial charge on any atom is 0.102 e. The summed E-state index contributed by atoms with van der Waals surface area (Å²) >= 11 is 9.50. The van der Waals surface area contributed by atoms with E-state index in [4.69, 9.17) is 21.1 Å². The van der Waals surface area contributed by atoms with Crippen molar-refractivity contribution < 1.29 is 9.47 Å². The van der Waals surface area contributed by atoms with Gasteiger partial charge in [0.15, 0.2) is 0 Å². The normalized spacial score (nSPS) is 23.7. The Morgan fingerprint density at radius 3 is 2.39 bits per heavy atom. The lowest BCUT2D eigenvalue weighted by Crippen LogP contribution is -2.27. The lowest BCUT2D eigenvalue weighted by atomic mass is 10.2. The second-order valence-electron chi connectivity index (χ2n) is 4.36. The molecule has 0 spiro atoms. The average molecular weight is 335 g/mol. The van der Waals surface area contributed by atoms with Gasteiger partial charge >= 0.3 is 0 Å². The molecule has 2 rings (SSSR count). The fourth-order valence-electron chi connectivity index (χ4n) is 2.34. The molecule has 3 nitrogen and oxygen atoms in total. The monoisotopic (exact) mass is 333 g/mol. The molecule has 1 saturated heterocycles. The fraction of sp³-hybridized carbons (Fsp3) is 0.538. The predicted molar refractivity (Wildman–Crippen MR) is 77.5 cm³/mol. The Hall–Kier alpha value is -0.290. The minimum absolute atomic E-state index is 0.108. The van der Waals surface area contributed by atoms with E-state index in [0.29, 0.717) is 5.88 Å². The van der Waals surface area contributed by atoms with Crippen LogP contribution in [0, 0.1) is 0 Å². The number of ether oxygens (including phenoxy) is 2. The molecule has 2 atom stereocenters. The van der Waals surface area contributed by atoms with E-state index in [2.05, 4.69) is 26.9 Å². The molecule has 1 fully saturated rings. The van der Waals surface area contributed by atoms with Crippen LogP contribution in [0.2, 0.25) is 0 Å². The van der Waals surface area contributed by atoms with Crippen molar-refractivity contribution in [2.24, 2.45) is 0 Å². The molecular weight excluding hydrogens is 318 g/mol. The first kappa shape index (κ1) is 14.1. The van der Waals surface area contributed by atoms with Crippen LogP contribution in [-0.2, 0) is 15.4 Å². The summed E-state index contributed by atoms with van der Waals surface area (Å²) in [5, 5.41) is 0. The number of nitrogens with zero attached hydrogens (tertiary/aromatic N) is 1. The van der Waals surface area contributed by atoms with Crippen LogP contribution >= 0.6 is 27.5 Å². The van der Waals surface area contributed by atoms with Gasteiger partial charge in [-0.1, -0.05) is 22.0 Å². The Bertz CT molecular complexity index is 404. The van der Waals surface area contributed by atoms with Crippen molar-refractivity contribution >= 4 is 33.2 Å². The molecule has 0 aliphatic carbocycles. The molecule has 0 amide bonds. The zero-order valence-electron chi connectivity index (χ0n) is 10.5. The summed E-state index contributed by atoms with van der Waals surface area (Å²) in [5.41, 5.74) is 2.28. The summed E-state index contributed by atoms with van der Waals surface area (Å²) in [6.07, 6.45) is 0.217. The number of hydrogen-bond acceptors (Lipinski definition) is 3. The van der Waals surface area contributed by atoms with Crippen LogP contribution in [0.1, 0.15) is 5.56 Å². The third kappa shape index (κ3) is 2.82. The Morgan fingerprint density at radius 1 is 1.28 bits per heavy atom. The van der Waals surface area contributed by atoms with Crippen molar-refractivity contribution in [3.8, 4) is 0 Å². The molecule has 0 aromatic heterocycles. The third-order valence-electron chi connectivity index (χ3n) is 3.35. The summed E-state index contributed by atoms with van der Waals surface area (Å²) in [7, 11) is 3.45. The van der Waals surface area contributed by atoms with Gasteiger partial charge in [0.05, 0.1) is 0 Å². The fourth-order valence-corrected chi connectivity index (χ4v) is 2.91. The maximum absolute atomic E-state index is 6.00. The topological polar surface area (TPSA) is 21.7 Å². The number of benzene rings is 1. The summed E-state index contributed by atoms with van der Waals surface area (Å²) in [6.45, 7) is 1.66. The van der Waals surface area contributed by atoms with Crippen molar-refractivity contribution in [3.05, 3.63) is 28.2 Å². The van der Waals surface area contributed by atoms with Crippen LogP contribution in [-0.4, -0.2) is 39.5 Å². The van der Waals surface area contributed by atoms with E-state index in [1.807, 2.05) is 12.1 Å². The number of halogens is 2. The molecule has 1 heterocycles.